The molecule has 0 saturated heterocycles. The normalized spacial score (nSPS) is 14.9. The molecule has 1 amide bonds. The van der Waals surface area contributed by atoms with E-state index in [1.165, 1.54) is 0 Å². The van der Waals surface area contributed by atoms with Crippen molar-refractivity contribution in [1.82, 2.24) is 0 Å². The molecule has 1 aliphatic carbocycles. The van der Waals surface area contributed by atoms with E-state index >= 15 is 0 Å². The van der Waals surface area contributed by atoms with Gasteiger partial charge in [-0.15, -0.1) is 0 Å². The molecule has 30 heavy (non-hydrogen) atoms. The van der Waals surface area contributed by atoms with Gasteiger partial charge in [0.1, 0.15) is 11.3 Å². The molecule has 0 radical (unpaired) electrons. The Labute approximate surface area is 186 Å². The number of halogens is 2. The van der Waals surface area contributed by atoms with E-state index in [1.54, 1.807) is 37.3 Å². The lowest BCUT2D eigenvalue weighted by Crippen LogP contribution is -2.38. The second-order valence-corrected chi connectivity index (χ2v) is 8.08. The highest BCUT2D eigenvalue weighted by Gasteiger charge is 2.44. The highest BCUT2D eigenvalue weighted by Crippen LogP contribution is 2.45. The van der Waals surface area contributed by atoms with Crippen LogP contribution in [0.15, 0.2) is 36.4 Å². The van der Waals surface area contributed by atoms with E-state index in [1.807, 2.05) is 13.0 Å². The van der Waals surface area contributed by atoms with Crippen LogP contribution < -0.4 is 10.1 Å². The molecule has 0 unspecified atom stereocenters. The highest BCUT2D eigenvalue weighted by molar-refractivity contribution is 6.35. The molecule has 7 heteroatoms. The summed E-state index contributed by atoms with van der Waals surface area (Å²) in [7, 11) is 0. The fourth-order valence-electron chi connectivity index (χ4n) is 3.98. The van der Waals surface area contributed by atoms with Gasteiger partial charge in [-0.3, -0.25) is 4.79 Å². The molecule has 0 spiro atoms. The van der Waals surface area contributed by atoms with Gasteiger partial charge in [0.05, 0.1) is 18.6 Å². The van der Waals surface area contributed by atoms with Gasteiger partial charge in [0.15, 0.2) is 0 Å². The molecule has 2 aromatic rings. The third kappa shape index (κ3) is 4.57. The molecule has 0 atom stereocenters. The number of anilines is 1. The smallest absolute Gasteiger partial charge is 0.341 e. The van der Waals surface area contributed by atoms with E-state index in [0.717, 1.165) is 18.4 Å². The van der Waals surface area contributed by atoms with Crippen LogP contribution in [0.1, 0.15) is 55.5 Å². The molecule has 0 aliphatic heterocycles. The summed E-state index contributed by atoms with van der Waals surface area (Å²) < 4.78 is 10.7. The summed E-state index contributed by atoms with van der Waals surface area (Å²) in [6, 6.07) is 10.2. The van der Waals surface area contributed by atoms with Crippen molar-refractivity contribution in [1.29, 1.82) is 0 Å². The number of carbonyl (C=O) groups is 2. The zero-order chi connectivity index (χ0) is 21.7. The minimum Gasteiger partial charge on any atom is -0.493 e. The molecule has 5 nitrogen and oxygen atoms in total. The predicted molar refractivity (Wildman–Crippen MR) is 119 cm³/mol. The molecule has 1 aliphatic rings. The van der Waals surface area contributed by atoms with Crippen molar-refractivity contribution in [2.75, 3.05) is 18.5 Å². The SMILES string of the molecule is CCOC(=O)c1cc(NC(=O)C2(c3ccc(Cl)cc3Cl)CCCC2)ccc1OCC. The van der Waals surface area contributed by atoms with E-state index in [2.05, 4.69) is 5.32 Å². The Hall–Kier alpha value is -2.24. The Balaban J connectivity index is 1.93. The average molecular weight is 450 g/mol. The number of benzene rings is 2. The second-order valence-electron chi connectivity index (χ2n) is 7.23. The molecule has 1 fully saturated rings. The first-order chi connectivity index (χ1) is 14.4. The molecule has 0 aromatic heterocycles. The summed E-state index contributed by atoms with van der Waals surface area (Å²) in [5, 5.41) is 3.99. The van der Waals surface area contributed by atoms with Crippen molar-refractivity contribution in [2.45, 2.75) is 44.9 Å². The Kier molecular flexibility index (Phi) is 7.27. The van der Waals surface area contributed by atoms with Crippen LogP contribution in [0.25, 0.3) is 0 Å². The van der Waals surface area contributed by atoms with Crippen molar-refractivity contribution in [3.8, 4) is 5.75 Å². The lowest BCUT2D eigenvalue weighted by atomic mass is 9.78. The van der Waals surface area contributed by atoms with Crippen LogP contribution in [-0.2, 0) is 14.9 Å². The zero-order valence-corrected chi connectivity index (χ0v) is 18.6. The number of nitrogens with one attached hydrogen (secondary N) is 1. The van der Waals surface area contributed by atoms with Gasteiger partial charge in [-0.05, 0) is 62.6 Å². The first-order valence-electron chi connectivity index (χ1n) is 10.1. The van der Waals surface area contributed by atoms with Crippen molar-refractivity contribution < 1.29 is 19.1 Å². The standard InChI is InChI=1S/C23H25Cl2NO4/c1-3-29-20-10-8-16(14-17(20)21(27)30-4-2)26-22(28)23(11-5-6-12-23)18-9-7-15(24)13-19(18)25/h7-10,13-14H,3-6,11-12H2,1-2H3,(H,26,28). The number of ether oxygens (including phenoxy) is 2. The van der Waals surface area contributed by atoms with Crippen LogP contribution in [0, 0.1) is 0 Å². The minimum atomic E-state index is -0.732. The summed E-state index contributed by atoms with van der Waals surface area (Å²) in [6.45, 7) is 4.24. The average Bonchev–Trinajstić information content (AvgIpc) is 3.20. The molecular formula is C23H25Cl2NO4. The van der Waals surface area contributed by atoms with E-state index < -0.39 is 11.4 Å². The van der Waals surface area contributed by atoms with Gasteiger partial charge >= 0.3 is 5.97 Å². The molecular weight excluding hydrogens is 425 g/mol. The molecule has 0 bridgehead atoms. The van der Waals surface area contributed by atoms with Crippen LogP contribution in [0.2, 0.25) is 10.0 Å². The van der Waals surface area contributed by atoms with Gasteiger partial charge in [0.25, 0.3) is 0 Å². The number of rotatable bonds is 7. The minimum absolute atomic E-state index is 0.150. The third-order valence-electron chi connectivity index (χ3n) is 5.37. The van der Waals surface area contributed by atoms with Crippen molar-refractivity contribution in [3.05, 3.63) is 57.6 Å². The Bertz CT molecular complexity index is 939. The molecule has 1 N–H and O–H groups in total. The van der Waals surface area contributed by atoms with E-state index in [9.17, 15) is 9.59 Å². The van der Waals surface area contributed by atoms with Crippen LogP contribution in [0.3, 0.4) is 0 Å². The largest absolute Gasteiger partial charge is 0.493 e. The fraction of sp³-hybridized carbons (Fsp3) is 0.391. The summed E-state index contributed by atoms with van der Waals surface area (Å²) in [6.07, 6.45) is 3.26. The van der Waals surface area contributed by atoms with Gasteiger partial charge in [-0.2, -0.15) is 0 Å². The third-order valence-corrected chi connectivity index (χ3v) is 5.92. The highest BCUT2D eigenvalue weighted by atomic mass is 35.5. The maximum atomic E-state index is 13.4. The van der Waals surface area contributed by atoms with E-state index in [-0.39, 0.29) is 18.1 Å². The quantitative estimate of drug-likeness (QED) is 0.524. The predicted octanol–water partition coefficient (Wildman–Crippen LogP) is 6.02. The monoisotopic (exact) mass is 449 g/mol. The van der Waals surface area contributed by atoms with Crippen molar-refractivity contribution in [2.24, 2.45) is 0 Å². The molecule has 0 heterocycles. The Morgan fingerprint density at radius 2 is 1.77 bits per heavy atom. The summed E-state index contributed by atoms with van der Waals surface area (Å²) in [5.41, 5.74) is 0.828. The topological polar surface area (TPSA) is 64.6 Å². The maximum Gasteiger partial charge on any atom is 0.341 e. The number of hydrogen-bond acceptors (Lipinski definition) is 4. The number of amides is 1. The van der Waals surface area contributed by atoms with Crippen LogP contribution >= 0.6 is 23.2 Å². The lowest BCUT2D eigenvalue weighted by molar-refractivity contribution is -0.121. The summed E-state index contributed by atoms with van der Waals surface area (Å²) >= 11 is 12.5. The molecule has 1 saturated carbocycles. The second kappa shape index (κ2) is 9.71. The lowest BCUT2D eigenvalue weighted by Gasteiger charge is -2.29. The number of esters is 1. The Morgan fingerprint density at radius 1 is 1.03 bits per heavy atom. The van der Waals surface area contributed by atoms with Crippen LogP contribution in [-0.4, -0.2) is 25.1 Å². The van der Waals surface area contributed by atoms with E-state index in [4.69, 9.17) is 32.7 Å². The van der Waals surface area contributed by atoms with Gasteiger partial charge in [-0.25, -0.2) is 4.79 Å². The first-order valence-corrected chi connectivity index (χ1v) is 10.9. The maximum absolute atomic E-state index is 13.4. The number of carbonyl (C=O) groups excluding carboxylic acids is 2. The Morgan fingerprint density at radius 3 is 2.40 bits per heavy atom. The fourth-order valence-corrected chi connectivity index (χ4v) is 4.57. The summed E-state index contributed by atoms with van der Waals surface area (Å²) in [4.78, 5) is 25.8. The van der Waals surface area contributed by atoms with Crippen LogP contribution in [0.5, 0.6) is 5.75 Å². The van der Waals surface area contributed by atoms with Gasteiger partial charge in [0, 0.05) is 15.7 Å². The zero-order valence-electron chi connectivity index (χ0n) is 17.1. The molecule has 3 rings (SSSR count). The molecule has 2 aromatic carbocycles. The van der Waals surface area contributed by atoms with Gasteiger partial charge < -0.3 is 14.8 Å². The van der Waals surface area contributed by atoms with Crippen molar-refractivity contribution >= 4 is 40.8 Å². The first kappa shape index (κ1) is 22.4. The molecule has 160 valence electrons. The van der Waals surface area contributed by atoms with E-state index in [0.29, 0.717) is 40.9 Å². The van der Waals surface area contributed by atoms with Gasteiger partial charge in [-0.1, -0.05) is 42.1 Å². The van der Waals surface area contributed by atoms with Crippen LogP contribution in [0.4, 0.5) is 5.69 Å². The summed E-state index contributed by atoms with van der Waals surface area (Å²) in [5.74, 6) is -0.221. The van der Waals surface area contributed by atoms with Gasteiger partial charge in [0.2, 0.25) is 5.91 Å². The number of hydrogen-bond donors (Lipinski definition) is 1. The van der Waals surface area contributed by atoms with Crippen molar-refractivity contribution in [3.63, 3.8) is 0 Å².